The predicted octanol–water partition coefficient (Wildman–Crippen LogP) is 2.63. The van der Waals surface area contributed by atoms with Gasteiger partial charge in [0.05, 0.1) is 0 Å². The highest BCUT2D eigenvalue weighted by Gasteiger charge is 2.15. The number of aliphatic hydroxyl groups excluding tert-OH is 1. The first-order chi connectivity index (χ1) is 8.06. The van der Waals surface area contributed by atoms with Crippen LogP contribution in [0.3, 0.4) is 0 Å². The van der Waals surface area contributed by atoms with Crippen molar-refractivity contribution in [2.24, 2.45) is 5.92 Å². The van der Waals surface area contributed by atoms with Crippen LogP contribution in [0.4, 0.5) is 8.78 Å². The lowest BCUT2D eigenvalue weighted by Gasteiger charge is -2.18. The van der Waals surface area contributed by atoms with Crippen molar-refractivity contribution >= 4 is 0 Å². The van der Waals surface area contributed by atoms with E-state index in [0.29, 0.717) is 13.0 Å². The first kappa shape index (κ1) is 14.1. The number of rotatable bonds is 6. The second-order valence-corrected chi connectivity index (χ2v) is 4.38. The van der Waals surface area contributed by atoms with E-state index in [1.54, 1.807) is 6.92 Å². The van der Waals surface area contributed by atoms with Gasteiger partial charge in [-0.05, 0) is 37.9 Å². The van der Waals surface area contributed by atoms with E-state index in [9.17, 15) is 8.78 Å². The van der Waals surface area contributed by atoms with Gasteiger partial charge in [0.15, 0.2) is 0 Å². The number of benzene rings is 1. The van der Waals surface area contributed by atoms with Gasteiger partial charge in [-0.15, -0.1) is 0 Å². The highest BCUT2D eigenvalue weighted by Crippen LogP contribution is 2.20. The van der Waals surface area contributed by atoms with Crippen molar-refractivity contribution in [3.63, 3.8) is 0 Å². The van der Waals surface area contributed by atoms with Gasteiger partial charge in [-0.3, -0.25) is 0 Å². The van der Waals surface area contributed by atoms with Gasteiger partial charge >= 0.3 is 0 Å². The molecular formula is C13H19F2NO. The molecule has 0 saturated heterocycles. The first-order valence-electron chi connectivity index (χ1n) is 5.84. The van der Waals surface area contributed by atoms with E-state index in [4.69, 9.17) is 5.11 Å². The quantitative estimate of drug-likeness (QED) is 0.805. The largest absolute Gasteiger partial charge is 0.396 e. The summed E-state index contributed by atoms with van der Waals surface area (Å²) in [5.74, 6) is -0.781. The minimum absolute atomic E-state index is 0.0729. The van der Waals surface area contributed by atoms with Gasteiger partial charge < -0.3 is 10.4 Å². The van der Waals surface area contributed by atoms with Crippen LogP contribution in [0.5, 0.6) is 0 Å². The molecule has 0 aromatic heterocycles. The molecule has 4 heteroatoms. The summed E-state index contributed by atoms with van der Waals surface area (Å²) < 4.78 is 26.9. The third kappa shape index (κ3) is 4.06. The van der Waals surface area contributed by atoms with E-state index in [1.807, 2.05) is 6.92 Å². The van der Waals surface area contributed by atoms with Gasteiger partial charge in [-0.1, -0.05) is 13.0 Å². The van der Waals surface area contributed by atoms with E-state index in [0.717, 1.165) is 0 Å². The minimum atomic E-state index is -0.528. The van der Waals surface area contributed by atoms with Crippen LogP contribution in [0.2, 0.25) is 0 Å². The average Bonchev–Trinajstić information content (AvgIpc) is 2.26. The van der Waals surface area contributed by atoms with Gasteiger partial charge in [0.25, 0.3) is 0 Å². The molecule has 1 aromatic rings. The van der Waals surface area contributed by atoms with Crippen molar-refractivity contribution in [2.45, 2.75) is 26.3 Å². The lowest BCUT2D eigenvalue weighted by Crippen LogP contribution is -2.26. The molecule has 0 heterocycles. The Morgan fingerprint density at radius 3 is 2.35 bits per heavy atom. The molecule has 1 rings (SSSR count). The summed E-state index contributed by atoms with van der Waals surface area (Å²) in [6.45, 7) is 4.46. The van der Waals surface area contributed by atoms with Crippen LogP contribution in [0, 0.1) is 17.6 Å². The van der Waals surface area contributed by atoms with Gasteiger partial charge in [0.1, 0.15) is 11.6 Å². The summed E-state index contributed by atoms with van der Waals surface area (Å²) in [7, 11) is 0. The number of hydrogen-bond donors (Lipinski definition) is 2. The molecule has 0 aliphatic heterocycles. The summed E-state index contributed by atoms with van der Waals surface area (Å²) in [5.41, 5.74) is 0.0729. The second-order valence-electron chi connectivity index (χ2n) is 4.38. The minimum Gasteiger partial charge on any atom is -0.396 e. The Morgan fingerprint density at radius 1 is 1.24 bits per heavy atom. The van der Waals surface area contributed by atoms with Crippen LogP contribution in [-0.2, 0) is 0 Å². The molecule has 0 radical (unpaired) electrons. The molecule has 0 aliphatic carbocycles. The maximum absolute atomic E-state index is 13.5. The Hall–Kier alpha value is -1.00. The van der Waals surface area contributed by atoms with Gasteiger partial charge in [0, 0.05) is 18.2 Å². The standard InChI is InChI=1S/C13H19F2NO/c1-9(6-7-17)8-16-10(2)13-11(14)4-3-5-12(13)15/h3-5,9-10,16-17H,6-8H2,1-2H3. The summed E-state index contributed by atoms with van der Waals surface area (Å²) in [5, 5.41) is 11.8. The topological polar surface area (TPSA) is 32.3 Å². The summed E-state index contributed by atoms with van der Waals surface area (Å²) in [4.78, 5) is 0. The predicted molar refractivity (Wildman–Crippen MR) is 63.6 cm³/mol. The van der Waals surface area contributed by atoms with Gasteiger partial charge in [-0.25, -0.2) is 8.78 Å². The van der Waals surface area contributed by atoms with Crippen LogP contribution in [-0.4, -0.2) is 18.3 Å². The Balaban J connectivity index is 2.61. The Labute approximate surface area is 101 Å². The molecule has 2 unspecified atom stereocenters. The Morgan fingerprint density at radius 2 is 1.82 bits per heavy atom. The summed E-state index contributed by atoms with van der Waals surface area (Å²) >= 11 is 0. The number of aliphatic hydroxyl groups is 1. The van der Waals surface area contributed by atoms with Crippen LogP contribution in [0.25, 0.3) is 0 Å². The van der Waals surface area contributed by atoms with E-state index < -0.39 is 11.6 Å². The SMILES string of the molecule is CC(CCO)CNC(C)c1c(F)cccc1F. The van der Waals surface area contributed by atoms with E-state index >= 15 is 0 Å². The molecule has 2 atom stereocenters. The molecule has 17 heavy (non-hydrogen) atoms. The molecule has 0 aliphatic rings. The summed E-state index contributed by atoms with van der Waals surface area (Å²) in [6, 6.07) is 3.49. The molecule has 1 aromatic carbocycles. The highest BCUT2D eigenvalue weighted by molar-refractivity contribution is 5.22. The van der Waals surface area contributed by atoms with Crippen molar-refractivity contribution in [1.82, 2.24) is 5.32 Å². The van der Waals surface area contributed by atoms with Crippen LogP contribution in [0.1, 0.15) is 31.9 Å². The molecule has 0 amide bonds. The second kappa shape index (κ2) is 6.67. The van der Waals surface area contributed by atoms with Crippen LogP contribution in [0.15, 0.2) is 18.2 Å². The molecular weight excluding hydrogens is 224 g/mol. The molecule has 2 nitrogen and oxygen atoms in total. The zero-order chi connectivity index (χ0) is 12.8. The number of hydrogen-bond acceptors (Lipinski definition) is 2. The fraction of sp³-hybridized carbons (Fsp3) is 0.538. The lowest BCUT2D eigenvalue weighted by atomic mass is 10.0. The zero-order valence-corrected chi connectivity index (χ0v) is 10.2. The third-order valence-electron chi connectivity index (χ3n) is 2.83. The number of nitrogens with one attached hydrogen (secondary N) is 1. The van der Waals surface area contributed by atoms with Crippen molar-refractivity contribution in [2.75, 3.05) is 13.2 Å². The number of halogens is 2. The van der Waals surface area contributed by atoms with E-state index in [1.165, 1.54) is 18.2 Å². The summed E-state index contributed by atoms with van der Waals surface area (Å²) in [6.07, 6.45) is 0.680. The van der Waals surface area contributed by atoms with Gasteiger partial charge in [0.2, 0.25) is 0 Å². The van der Waals surface area contributed by atoms with Crippen molar-refractivity contribution in [3.05, 3.63) is 35.4 Å². The average molecular weight is 243 g/mol. The smallest absolute Gasteiger partial charge is 0.130 e. The van der Waals surface area contributed by atoms with Crippen LogP contribution >= 0.6 is 0 Å². The van der Waals surface area contributed by atoms with Crippen molar-refractivity contribution < 1.29 is 13.9 Å². The maximum atomic E-state index is 13.5. The van der Waals surface area contributed by atoms with E-state index in [2.05, 4.69) is 5.32 Å². The van der Waals surface area contributed by atoms with Crippen molar-refractivity contribution in [1.29, 1.82) is 0 Å². The fourth-order valence-corrected chi connectivity index (χ4v) is 1.73. The molecule has 2 N–H and O–H groups in total. The van der Waals surface area contributed by atoms with E-state index in [-0.39, 0.29) is 24.1 Å². The molecule has 0 spiro atoms. The Bertz CT molecular complexity index is 337. The maximum Gasteiger partial charge on any atom is 0.130 e. The zero-order valence-electron chi connectivity index (χ0n) is 10.2. The van der Waals surface area contributed by atoms with Crippen LogP contribution < -0.4 is 5.32 Å². The first-order valence-corrected chi connectivity index (χ1v) is 5.84. The fourth-order valence-electron chi connectivity index (χ4n) is 1.73. The third-order valence-corrected chi connectivity index (χ3v) is 2.83. The normalized spacial score (nSPS) is 14.6. The van der Waals surface area contributed by atoms with Gasteiger partial charge in [-0.2, -0.15) is 0 Å². The monoisotopic (exact) mass is 243 g/mol. The lowest BCUT2D eigenvalue weighted by molar-refractivity contribution is 0.258. The highest BCUT2D eigenvalue weighted by atomic mass is 19.1. The van der Waals surface area contributed by atoms with Crippen molar-refractivity contribution in [3.8, 4) is 0 Å². The molecule has 96 valence electrons. The molecule has 0 bridgehead atoms. The molecule has 0 fully saturated rings. The molecule has 0 saturated carbocycles. The Kier molecular flexibility index (Phi) is 5.51.